The van der Waals surface area contributed by atoms with Crippen LogP contribution in [0.15, 0.2) is 89.5 Å². The van der Waals surface area contributed by atoms with Crippen LogP contribution in [0.2, 0.25) is 5.02 Å². The van der Waals surface area contributed by atoms with Crippen molar-refractivity contribution in [3.63, 3.8) is 0 Å². The Morgan fingerprint density at radius 1 is 0.893 bits per heavy atom. The van der Waals surface area contributed by atoms with E-state index in [9.17, 15) is 5.11 Å². The van der Waals surface area contributed by atoms with Gasteiger partial charge in [-0.3, -0.25) is 0 Å². The fourth-order valence-electron chi connectivity index (χ4n) is 3.15. The molecule has 0 amide bonds. The van der Waals surface area contributed by atoms with Gasteiger partial charge in [0.15, 0.2) is 5.60 Å². The lowest BCUT2D eigenvalue weighted by Gasteiger charge is -2.27. The lowest BCUT2D eigenvalue weighted by Crippen LogP contribution is -2.29. The van der Waals surface area contributed by atoms with Crippen LogP contribution in [0.1, 0.15) is 22.4 Å². The normalized spacial score (nSPS) is 13.2. The summed E-state index contributed by atoms with van der Waals surface area (Å²) < 4.78 is 2.75. The topological polar surface area (TPSA) is 50.9 Å². The molecule has 4 nitrogen and oxygen atoms in total. The Kier molecular flexibility index (Phi) is 5.31. The molecule has 0 spiro atoms. The van der Waals surface area contributed by atoms with Gasteiger partial charge in [0.05, 0.1) is 12.7 Å². The van der Waals surface area contributed by atoms with E-state index >= 15 is 0 Å². The van der Waals surface area contributed by atoms with Crippen molar-refractivity contribution in [2.45, 2.75) is 12.1 Å². The number of rotatable bonds is 5. The van der Waals surface area contributed by atoms with Gasteiger partial charge in [0.25, 0.3) is 0 Å². The molecule has 0 radical (unpaired) electrons. The molecule has 0 saturated carbocycles. The van der Waals surface area contributed by atoms with Crippen molar-refractivity contribution in [3.8, 4) is 0 Å². The molecule has 1 heterocycles. The molecule has 0 fully saturated rings. The summed E-state index contributed by atoms with van der Waals surface area (Å²) >= 11 is 9.48. The van der Waals surface area contributed by atoms with Gasteiger partial charge in [-0.2, -0.15) is 0 Å². The number of aromatic nitrogens is 3. The van der Waals surface area contributed by atoms with Crippen molar-refractivity contribution >= 4 is 27.5 Å². The molecule has 3 aromatic carbocycles. The molecular formula is C22H17BrClN3O. The van der Waals surface area contributed by atoms with Crippen LogP contribution in [-0.2, 0) is 12.1 Å². The van der Waals surface area contributed by atoms with Gasteiger partial charge in [0.1, 0.15) is 5.69 Å². The highest BCUT2D eigenvalue weighted by atomic mass is 79.9. The van der Waals surface area contributed by atoms with Crippen LogP contribution >= 0.6 is 27.5 Å². The van der Waals surface area contributed by atoms with Gasteiger partial charge < -0.3 is 5.11 Å². The zero-order chi connectivity index (χ0) is 19.6. The Labute approximate surface area is 176 Å². The van der Waals surface area contributed by atoms with Gasteiger partial charge >= 0.3 is 0 Å². The van der Waals surface area contributed by atoms with E-state index in [2.05, 4.69) is 26.2 Å². The Morgan fingerprint density at radius 2 is 1.54 bits per heavy atom. The summed E-state index contributed by atoms with van der Waals surface area (Å²) in [4.78, 5) is 0. The van der Waals surface area contributed by atoms with Gasteiger partial charge in [0, 0.05) is 9.50 Å². The van der Waals surface area contributed by atoms with Crippen LogP contribution < -0.4 is 0 Å². The second-order valence-corrected chi connectivity index (χ2v) is 7.86. The van der Waals surface area contributed by atoms with Crippen LogP contribution in [0.4, 0.5) is 0 Å². The van der Waals surface area contributed by atoms with Gasteiger partial charge in [-0.05, 0) is 41.0 Å². The Hall–Kier alpha value is -2.47. The van der Waals surface area contributed by atoms with Gasteiger partial charge in [-0.25, -0.2) is 4.68 Å². The molecule has 0 saturated heterocycles. The Morgan fingerprint density at radius 3 is 2.21 bits per heavy atom. The molecule has 0 bridgehead atoms. The van der Waals surface area contributed by atoms with Gasteiger partial charge in [-0.1, -0.05) is 87.3 Å². The van der Waals surface area contributed by atoms with E-state index in [0.29, 0.717) is 28.4 Å². The van der Waals surface area contributed by atoms with Crippen molar-refractivity contribution in [2.24, 2.45) is 0 Å². The van der Waals surface area contributed by atoms with E-state index in [1.54, 1.807) is 23.0 Å². The third-order valence-corrected chi connectivity index (χ3v) is 5.40. The van der Waals surface area contributed by atoms with Crippen molar-refractivity contribution in [1.82, 2.24) is 15.0 Å². The first-order valence-electron chi connectivity index (χ1n) is 8.75. The summed E-state index contributed by atoms with van der Waals surface area (Å²) in [6.07, 6.45) is 1.78. The van der Waals surface area contributed by atoms with E-state index < -0.39 is 5.60 Å². The van der Waals surface area contributed by atoms with Crippen molar-refractivity contribution in [1.29, 1.82) is 0 Å². The zero-order valence-corrected chi connectivity index (χ0v) is 17.2. The number of hydrogen-bond donors (Lipinski definition) is 1. The fourth-order valence-corrected chi connectivity index (χ4v) is 3.54. The lowest BCUT2D eigenvalue weighted by atomic mass is 9.84. The molecule has 0 aliphatic heterocycles. The predicted molar refractivity (Wildman–Crippen MR) is 113 cm³/mol. The Bertz CT molecular complexity index is 1070. The first-order chi connectivity index (χ1) is 13.6. The van der Waals surface area contributed by atoms with E-state index in [1.807, 2.05) is 66.7 Å². The largest absolute Gasteiger partial charge is 0.374 e. The monoisotopic (exact) mass is 453 g/mol. The molecule has 6 heteroatoms. The van der Waals surface area contributed by atoms with E-state index in [-0.39, 0.29) is 0 Å². The third kappa shape index (κ3) is 3.74. The minimum atomic E-state index is -1.43. The second-order valence-electron chi connectivity index (χ2n) is 6.51. The standard InChI is InChI=1S/C22H17BrClN3O/c23-19-10-6-16(7-11-19)14-27-15-21(25-26-27)22(28,17-4-2-1-3-5-17)18-8-12-20(24)13-9-18/h1-13,15,28H,14H2. The Balaban J connectivity index is 1.74. The minimum absolute atomic E-state index is 0.457. The van der Waals surface area contributed by atoms with Crippen LogP contribution in [0.25, 0.3) is 0 Å². The van der Waals surface area contributed by atoms with Crippen LogP contribution in [0.3, 0.4) is 0 Å². The van der Waals surface area contributed by atoms with E-state index in [4.69, 9.17) is 11.6 Å². The summed E-state index contributed by atoms with van der Waals surface area (Å²) in [5, 5.41) is 20.9. The minimum Gasteiger partial charge on any atom is -0.374 e. The zero-order valence-electron chi connectivity index (χ0n) is 14.8. The summed E-state index contributed by atoms with van der Waals surface area (Å²) in [5.41, 5.74) is 1.52. The highest BCUT2D eigenvalue weighted by Gasteiger charge is 2.36. The van der Waals surface area contributed by atoms with Crippen molar-refractivity contribution in [3.05, 3.63) is 117 Å². The SMILES string of the molecule is OC(c1ccccc1)(c1ccc(Cl)cc1)c1cn(Cc2ccc(Br)cc2)nn1. The summed E-state index contributed by atoms with van der Waals surface area (Å²) in [7, 11) is 0. The molecule has 1 atom stereocenters. The van der Waals surface area contributed by atoms with E-state index in [0.717, 1.165) is 10.0 Å². The molecule has 1 aromatic heterocycles. The number of nitrogens with zero attached hydrogens (tertiary/aromatic N) is 3. The predicted octanol–water partition coefficient (Wildman–Crippen LogP) is 5.03. The molecule has 28 heavy (non-hydrogen) atoms. The molecule has 1 N–H and O–H groups in total. The average Bonchev–Trinajstić information content (AvgIpc) is 3.19. The highest BCUT2D eigenvalue weighted by molar-refractivity contribution is 9.10. The smallest absolute Gasteiger partial charge is 0.160 e. The molecule has 1 unspecified atom stereocenters. The van der Waals surface area contributed by atoms with Crippen LogP contribution in [0, 0.1) is 0 Å². The van der Waals surface area contributed by atoms with Crippen molar-refractivity contribution < 1.29 is 5.11 Å². The maximum Gasteiger partial charge on any atom is 0.160 e. The molecule has 0 aliphatic rings. The van der Waals surface area contributed by atoms with Gasteiger partial charge in [0.2, 0.25) is 0 Å². The molecule has 0 aliphatic carbocycles. The second kappa shape index (κ2) is 7.87. The third-order valence-electron chi connectivity index (χ3n) is 4.62. The van der Waals surface area contributed by atoms with Gasteiger partial charge in [-0.15, -0.1) is 5.10 Å². The quantitative estimate of drug-likeness (QED) is 0.460. The molecule has 4 aromatic rings. The highest BCUT2D eigenvalue weighted by Crippen LogP contribution is 2.35. The maximum absolute atomic E-state index is 11.8. The summed E-state index contributed by atoms with van der Waals surface area (Å²) in [5.74, 6) is 0. The number of hydrogen-bond acceptors (Lipinski definition) is 3. The maximum atomic E-state index is 11.8. The first-order valence-corrected chi connectivity index (χ1v) is 9.92. The fraction of sp³-hybridized carbons (Fsp3) is 0.0909. The summed E-state index contributed by atoms with van der Waals surface area (Å²) in [6, 6.07) is 24.6. The average molecular weight is 455 g/mol. The molecule has 140 valence electrons. The van der Waals surface area contributed by atoms with Crippen LogP contribution in [0.5, 0.6) is 0 Å². The molecule has 4 rings (SSSR count). The summed E-state index contributed by atoms with van der Waals surface area (Å²) in [6.45, 7) is 0.561. The lowest BCUT2D eigenvalue weighted by molar-refractivity contribution is 0.120. The number of halogens is 2. The number of benzene rings is 3. The van der Waals surface area contributed by atoms with Crippen molar-refractivity contribution in [2.75, 3.05) is 0 Å². The molecular weight excluding hydrogens is 438 g/mol. The van der Waals surface area contributed by atoms with Crippen LogP contribution in [-0.4, -0.2) is 20.1 Å². The van der Waals surface area contributed by atoms with E-state index in [1.165, 1.54) is 0 Å². The number of aliphatic hydroxyl groups is 1. The first kappa shape index (κ1) is 18.9.